The molecule has 1 aromatic rings. The van der Waals surface area contributed by atoms with E-state index >= 15 is 0 Å². The molecule has 1 saturated carbocycles. The summed E-state index contributed by atoms with van der Waals surface area (Å²) in [7, 11) is 0. The van der Waals surface area contributed by atoms with Gasteiger partial charge in [-0.25, -0.2) is 0 Å². The summed E-state index contributed by atoms with van der Waals surface area (Å²) in [5.41, 5.74) is 4.82. The molecular formula is C26H38N2O. The molecule has 1 aromatic carbocycles. The maximum Gasteiger partial charge on any atom is 0.223 e. The molecule has 4 aliphatic rings. The lowest BCUT2D eigenvalue weighted by molar-refractivity contribution is -0.132. The third-order valence-electron chi connectivity index (χ3n) is 8.42. The first kappa shape index (κ1) is 19.6. The van der Waals surface area contributed by atoms with Crippen LogP contribution in [-0.4, -0.2) is 40.9 Å². The monoisotopic (exact) mass is 394 g/mol. The first-order valence-corrected chi connectivity index (χ1v) is 12.4. The van der Waals surface area contributed by atoms with Gasteiger partial charge in [0.2, 0.25) is 5.91 Å². The van der Waals surface area contributed by atoms with Gasteiger partial charge in [-0.3, -0.25) is 9.69 Å². The molecule has 29 heavy (non-hydrogen) atoms. The van der Waals surface area contributed by atoms with Crippen molar-refractivity contribution in [3.63, 3.8) is 0 Å². The van der Waals surface area contributed by atoms with Gasteiger partial charge in [-0.1, -0.05) is 37.5 Å². The number of rotatable bonds is 4. The van der Waals surface area contributed by atoms with Crippen LogP contribution in [0, 0.1) is 5.92 Å². The van der Waals surface area contributed by atoms with Gasteiger partial charge in [0.1, 0.15) is 0 Å². The number of amides is 1. The van der Waals surface area contributed by atoms with E-state index in [0.717, 1.165) is 38.4 Å². The van der Waals surface area contributed by atoms with Crippen LogP contribution in [0.1, 0.15) is 87.3 Å². The Labute approximate surface area is 176 Å². The fourth-order valence-electron chi connectivity index (χ4n) is 6.69. The van der Waals surface area contributed by atoms with Crippen LogP contribution in [0.15, 0.2) is 18.2 Å². The lowest BCUT2D eigenvalue weighted by Crippen LogP contribution is -2.48. The summed E-state index contributed by atoms with van der Waals surface area (Å²) < 4.78 is 0. The van der Waals surface area contributed by atoms with Gasteiger partial charge in [0, 0.05) is 31.6 Å². The molecule has 0 radical (unpaired) electrons. The Morgan fingerprint density at radius 3 is 2.62 bits per heavy atom. The number of likely N-dealkylation sites (tertiary alicyclic amines) is 2. The number of hydrogen-bond acceptors (Lipinski definition) is 2. The minimum Gasteiger partial charge on any atom is -0.337 e. The van der Waals surface area contributed by atoms with Crippen molar-refractivity contribution in [3.05, 3.63) is 34.9 Å². The molecule has 2 saturated heterocycles. The van der Waals surface area contributed by atoms with E-state index in [1.165, 1.54) is 82.7 Å². The summed E-state index contributed by atoms with van der Waals surface area (Å²) in [6.07, 6.45) is 16.2. The predicted octanol–water partition coefficient (Wildman–Crippen LogP) is 5.10. The quantitative estimate of drug-likeness (QED) is 0.709. The molecule has 2 aliphatic carbocycles. The fraction of sp³-hybridized carbons (Fsp3) is 0.731. The molecule has 3 heteroatoms. The number of nitrogens with zero attached hydrogens (tertiary/aromatic N) is 2. The van der Waals surface area contributed by atoms with Gasteiger partial charge in [0.05, 0.1) is 0 Å². The van der Waals surface area contributed by atoms with E-state index in [1.54, 1.807) is 11.1 Å². The van der Waals surface area contributed by atoms with Gasteiger partial charge in [0.25, 0.3) is 0 Å². The van der Waals surface area contributed by atoms with Gasteiger partial charge >= 0.3 is 0 Å². The number of benzene rings is 1. The van der Waals surface area contributed by atoms with Crippen LogP contribution in [-0.2, 0) is 24.2 Å². The largest absolute Gasteiger partial charge is 0.337 e. The molecule has 0 bridgehead atoms. The Kier molecular flexibility index (Phi) is 5.69. The zero-order valence-corrected chi connectivity index (χ0v) is 18.1. The molecule has 1 atom stereocenters. The highest BCUT2D eigenvalue weighted by Crippen LogP contribution is 2.41. The molecule has 5 rings (SSSR count). The SMILES string of the molecule is O=C1CC[C@@]2(CCCN(Cc3ccc4c(c3)CCC4)CC2)N1CC1CCCCC1. The summed E-state index contributed by atoms with van der Waals surface area (Å²) in [5, 5.41) is 0. The van der Waals surface area contributed by atoms with Crippen LogP contribution in [0.4, 0.5) is 0 Å². The highest BCUT2D eigenvalue weighted by Gasteiger charge is 2.46. The van der Waals surface area contributed by atoms with Crippen molar-refractivity contribution in [2.45, 2.75) is 95.6 Å². The molecule has 2 heterocycles. The van der Waals surface area contributed by atoms with Crippen molar-refractivity contribution in [1.29, 1.82) is 0 Å². The van der Waals surface area contributed by atoms with Crippen molar-refractivity contribution in [2.24, 2.45) is 5.92 Å². The van der Waals surface area contributed by atoms with E-state index < -0.39 is 0 Å². The number of hydrogen-bond donors (Lipinski definition) is 0. The summed E-state index contributed by atoms with van der Waals surface area (Å²) in [4.78, 5) is 17.9. The predicted molar refractivity (Wildman–Crippen MR) is 118 cm³/mol. The van der Waals surface area contributed by atoms with Gasteiger partial charge in [-0.2, -0.15) is 0 Å². The topological polar surface area (TPSA) is 23.6 Å². The molecule has 0 aromatic heterocycles. The third kappa shape index (κ3) is 4.13. The van der Waals surface area contributed by atoms with Crippen molar-refractivity contribution in [2.75, 3.05) is 19.6 Å². The lowest BCUT2D eigenvalue weighted by Gasteiger charge is -2.41. The van der Waals surface area contributed by atoms with Crippen LogP contribution in [0.3, 0.4) is 0 Å². The van der Waals surface area contributed by atoms with E-state index in [2.05, 4.69) is 28.0 Å². The van der Waals surface area contributed by atoms with E-state index in [-0.39, 0.29) is 5.54 Å². The Morgan fingerprint density at radius 1 is 0.862 bits per heavy atom. The second-order valence-corrected chi connectivity index (χ2v) is 10.3. The van der Waals surface area contributed by atoms with Crippen molar-refractivity contribution >= 4 is 5.91 Å². The molecular weight excluding hydrogens is 356 g/mol. The molecule has 1 amide bonds. The standard InChI is InChI=1S/C26H38N2O/c29-25-12-14-26(28(25)20-21-6-2-1-3-7-21)13-5-16-27(17-15-26)19-22-10-11-23-8-4-9-24(23)18-22/h10-11,18,21H,1-9,12-17,19-20H2/t26-/m1/s1. The van der Waals surface area contributed by atoms with Gasteiger partial charge in [0.15, 0.2) is 0 Å². The van der Waals surface area contributed by atoms with E-state index in [0.29, 0.717) is 5.91 Å². The van der Waals surface area contributed by atoms with Crippen molar-refractivity contribution in [1.82, 2.24) is 9.80 Å². The second kappa shape index (κ2) is 8.41. The highest BCUT2D eigenvalue weighted by atomic mass is 16.2. The van der Waals surface area contributed by atoms with Crippen LogP contribution in [0.25, 0.3) is 0 Å². The van der Waals surface area contributed by atoms with Crippen LogP contribution in [0.5, 0.6) is 0 Å². The molecule has 0 unspecified atom stereocenters. The van der Waals surface area contributed by atoms with E-state index in [9.17, 15) is 4.79 Å². The Morgan fingerprint density at radius 2 is 1.72 bits per heavy atom. The second-order valence-electron chi connectivity index (χ2n) is 10.3. The summed E-state index contributed by atoms with van der Waals surface area (Å²) in [6.45, 7) is 4.46. The molecule has 0 N–H and O–H groups in total. The van der Waals surface area contributed by atoms with Crippen LogP contribution < -0.4 is 0 Å². The first-order chi connectivity index (χ1) is 14.2. The number of aryl methyl sites for hydroxylation is 2. The minimum atomic E-state index is 0.168. The zero-order valence-electron chi connectivity index (χ0n) is 18.1. The fourth-order valence-corrected chi connectivity index (χ4v) is 6.69. The lowest BCUT2D eigenvalue weighted by atomic mass is 9.84. The zero-order chi connectivity index (χ0) is 19.7. The van der Waals surface area contributed by atoms with Crippen molar-refractivity contribution < 1.29 is 4.79 Å². The van der Waals surface area contributed by atoms with Crippen molar-refractivity contribution in [3.8, 4) is 0 Å². The Balaban J connectivity index is 1.24. The summed E-state index contributed by atoms with van der Waals surface area (Å²) in [5.74, 6) is 1.20. The third-order valence-corrected chi connectivity index (χ3v) is 8.42. The summed E-state index contributed by atoms with van der Waals surface area (Å²) in [6, 6.07) is 7.20. The Hall–Kier alpha value is -1.35. The average Bonchev–Trinajstić information content (AvgIpc) is 3.26. The molecule has 3 fully saturated rings. The number of carbonyl (C=O) groups is 1. The molecule has 2 aliphatic heterocycles. The van der Waals surface area contributed by atoms with Crippen LogP contribution >= 0.6 is 0 Å². The van der Waals surface area contributed by atoms with Gasteiger partial charge < -0.3 is 4.90 Å². The van der Waals surface area contributed by atoms with E-state index in [1.807, 2.05) is 0 Å². The first-order valence-electron chi connectivity index (χ1n) is 12.4. The Bertz CT molecular complexity index is 738. The van der Waals surface area contributed by atoms with Gasteiger partial charge in [-0.15, -0.1) is 0 Å². The van der Waals surface area contributed by atoms with Gasteiger partial charge in [-0.05, 0) is 86.9 Å². The summed E-state index contributed by atoms with van der Waals surface area (Å²) >= 11 is 0. The average molecular weight is 395 g/mol. The van der Waals surface area contributed by atoms with Crippen LogP contribution in [0.2, 0.25) is 0 Å². The maximum absolute atomic E-state index is 12.8. The normalized spacial score (nSPS) is 28.8. The molecule has 1 spiro atoms. The number of fused-ring (bicyclic) bond motifs is 1. The minimum absolute atomic E-state index is 0.168. The molecule has 3 nitrogen and oxygen atoms in total. The number of carbonyl (C=O) groups excluding carboxylic acids is 1. The van der Waals surface area contributed by atoms with E-state index in [4.69, 9.17) is 0 Å². The highest BCUT2D eigenvalue weighted by molar-refractivity contribution is 5.79. The smallest absolute Gasteiger partial charge is 0.223 e. The molecule has 158 valence electrons. The maximum atomic E-state index is 12.8.